The van der Waals surface area contributed by atoms with Crippen molar-refractivity contribution < 1.29 is 19.5 Å². The molecule has 0 spiro atoms. The topological polar surface area (TPSA) is 90.9 Å². The number of hydroxylamine groups is 1. The number of rotatable bonds is 9. The number of nitrogens with one attached hydrogen (secondary N) is 2. The highest BCUT2D eigenvalue weighted by atomic mass is 16.5. The van der Waals surface area contributed by atoms with Gasteiger partial charge in [0.25, 0.3) is 5.91 Å². The zero-order chi connectivity index (χ0) is 24.5. The summed E-state index contributed by atoms with van der Waals surface area (Å²) < 4.78 is 5.96. The van der Waals surface area contributed by atoms with Gasteiger partial charge in [0.05, 0.1) is 0 Å². The molecule has 1 aromatic rings. The van der Waals surface area contributed by atoms with Gasteiger partial charge in [0.15, 0.2) is 0 Å². The number of nitrogens with zero attached hydrogens (tertiary/aromatic N) is 1. The van der Waals surface area contributed by atoms with Crippen LogP contribution in [0.3, 0.4) is 0 Å². The molecule has 1 amide bonds. The first-order valence-corrected chi connectivity index (χ1v) is 13.5. The van der Waals surface area contributed by atoms with Crippen molar-refractivity contribution in [1.29, 1.82) is 0 Å². The van der Waals surface area contributed by atoms with Gasteiger partial charge in [0.2, 0.25) is 0 Å². The standard InChI is InChI=1S/C28H41N3O4/c32-26(30-34)15-14-21-10-12-22(13-11-21)20-31-18-16-24(17-19-31)29-27(23-6-2-1-3-7-23)28(33)35-25-8-4-5-9-25/h10-15,23-25,27,29,34H,1-9,16-20H2,(H,30,32)/b15-14+. The molecule has 7 nitrogen and oxygen atoms in total. The highest BCUT2D eigenvalue weighted by Crippen LogP contribution is 2.30. The van der Waals surface area contributed by atoms with Crippen molar-refractivity contribution in [1.82, 2.24) is 15.7 Å². The molecular weight excluding hydrogens is 442 g/mol. The number of piperidine rings is 1. The van der Waals surface area contributed by atoms with Crippen LogP contribution in [0.1, 0.15) is 81.8 Å². The van der Waals surface area contributed by atoms with Crippen molar-refractivity contribution in [2.75, 3.05) is 13.1 Å². The van der Waals surface area contributed by atoms with Crippen LogP contribution in [0.15, 0.2) is 30.3 Å². The van der Waals surface area contributed by atoms with Gasteiger partial charge in [-0.05, 0) is 87.6 Å². The van der Waals surface area contributed by atoms with Crippen molar-refractivity contribution in [3.63, 3.8) is 0 Å². The van der Waals surface area contributed by atoms with E-state index in [1.54, 1.807) is 11.6 Å². The Bertz CT molecular complexity index is 836. The molecule has 2 saturated carbocycles. The molecule has 7 heteroatoms. The molecule has 0 radical (unpaired) electrons. The van der Waals surface area contributed by atoms with E-state index >= 15 is 0 Å². The van der Waals surface area contributed by atoms with Crippen LogP contribution in [0.5, 0.6) is 0 Å². The van der Waals surface area contributed by atoms with Crippen LogP contribution in [0.2, 0.25) is 0 Å². The number of ether oxygens (including phenoxy) is 1. The van der Waals surface area contributed by atoms with Gasteiger partial charge in [-0.25, -0.2) is 5.48 Å². The molecule has 1 heterocycles. The van der Waals surface area contributed by atoms with Crippen LogP contribution in [-0.2, 0) is 20.9 Å². The second-order valence-electron chi connectivity index (χ2n) is 10.5. The number of carbonyl (C=O) groups is 2. The molecule has 2 aliphatic carbocycles. The van der Waals surface area contributed by atoms with Gasteiger partial charge in [-0.15, -0.1) is 0 Å². The zero-order valence-electron chi connectivity index (χ0n) is 20.8. The minimum absolute atomic E-state index is 0.00293. The Labute approximate surface area is 209 Å². The normalized spacial score (nSPS) is 21.9. The lowest BCUT2D eigenvalue weighted by molar-refractivity contribution is -0.153. The summed E-state index contributed by atoms with van der Waals surface area (Å²) in [6.45, 7) is 2.90. The molecule has 1 saturated heterocycles. The average molecular weight is 484 g/mol. The van der Waals surface area contributed by atoms with Crippen LogP contribution in [0.4, 0.5) is 0 Å². The van der Waals surface area contributed by atoms with Crippen molar-refractivity contribution in [3.05, 3.63) is 41.5 Å². The maximum atomic E-state index is 13.2. The predicted molar refractivity (Wildman–Crippen MR) is 136 cm³/mol. The number of likely N-dealkylation sites (tertiary alicyclic amines) is 1. The molecule has 1 atom stereocenters. The Morgan fingerprint density at radius 1 is 0.971 bits per heavy atom. The third-order valence-electron chi connectivity index (χ3n) is 7.89. The van der Waals surface area contributed by atoms with E-state index in [4.69, 9.17) is 9.94 Å². The molecule has 3 aliphatic rings. The highest BCUT2D eigenvalue weighted by molar-refractivity contribution is 5.90. The first-order chi connectivity index (χ1) is 17.1. The molecule has 35 heavy (non-hydrogen) atoms. The van der Waals surface area contributed by atoms with Gasteiger partial charge in [0.1, 0.15) is 12.1 Å². The minimum atomic E-state index is -0.539. The van der Waals surface area contributed by atoms with Crippen molar-refractivity contribution in [2.24, 2.45) is 5.92 Å². The monoisotopic (exact) mass is 483 g/mol. The highest BCUT2D eigenvalue weighted by Gasteiger charge is 2.35. The van der Waals surface area contributed by atoms with E-state index in [9.17, 15) is 9.59 Å². The van der Waals surface area contributed by atoms with Crippen molar-refractivity contribution in [3.8, 4) is 0 Å². The summed E-state index contributed by atoms with van der Waals surface area (Å²) in [4.78, 5) is 26.8. The third-order valence-corrected chi connectivity index (χ3v) is 7.89. The average Bonchev–Trinajstić information content (AvgIpc) is 3.41. The third kappa shape index (κ3) is 7.89. The molecule has 192 valence electrons. The Morgan fingerprint density at radius 3 is 2.29 bits per heavy atom. The lowest BCUT2D eigenvalue weighted by Gasteiger charge is -2.37. The number of carbonyl (C=O) groups excluding carboxylic acids is 2. The summed E-state index contributed by atoms with van der Waals surface area (Å²) in [5.41, 5.74) is 3.75. The van der Waals surface area contributed by atoms with E-state index in [1.807, 2.05) is 12.1 Å². The van der Waals surface area contributed by atoms with Gasteiger partial charge < -0.3 is 10.1 Å². The largest absolute Gasteiger partial charge is 0.461 e. The molecule has 0 bridgehead atoms. The summed E-state index contributed by atoms with van der Waals surface area (Å²) in [6, 6.07) is 8.34. The second-order valence-corrected chi connectivity index (χ2v) is 10.5. The first kappa shape index (κ1) is 25.9. The maximum Gasteiger partial charge on any atom is 0.323 e. The van der Waals surface area contributed by atoms with Gasteiger partial charge in [-0.1, -0.05) is 43.5 Å². The number of amides is 1. The van der Waals surface area contributed by atoms with E-state index in [0.29, 0.717) is 12.0 Å². The van der Waals surface area contributed by atoms with Crippen LogP contribution in [-0.4, -0.2) is 53.3 Å². The second kappa shape index (κ2) is 13.2. The maximum absolute atomic E-state index is 13.2. The summed E-state index contributed by atoms with van der Waals surface area (Å²) >= 11 is 0. The molecule has 3 fully saturated rings. The molecule has 0 aromatic heterocycles. The van der Waals surface area contributed by atoms with Crippen molar-refractivity contribution in [2.45, 2.75) is 95.4 Å². The fraction of sp³-hybridized carbons (Fsp3) is 0.643. The smallest absolute Gasteiger partial charge is 0.323 e. The van der Waals surface area contributed by atoms with Gasteiger partial charge in [0, 0.05) is 18.7 Å². The fourth-order valence-corrected chi connectivity index (χ4v) is 5.82. The Morgan fingerprint density at radius 2 is 1.63 bits per heavy atom. The fourth-order valence-electron chi connectivity index (χ4n) is 5.82. The zero-order valence-corrected chi connectivity index (χ0v) is 20.8. The van der Waals surface area contributed by atoms with E-state index in [-0.39, 0.29) is 18.1 Å². The molecular formula is C28H41N3O4. The lowest BCUT2D eigenvalue weighted by atomic mass is 9.83. The molecule has 1 aliphatic heterocycles. The van der Waals surface area contributed by atoms with Crippen LogP contribution >= 0.6 is 0 Å². The van der Waals surface area contributed by atoms with Crippen LogP contribution < -0.4 is 10.8 Å². The first-order valence-electron chi connectivity index (χ1n) is 13.5. The molecule has 1 aromatic carbocycles. The molecule has 3 N–H and O–H groups in total. The van der Waals surface area contributed by atoms with Gasteiger partial charge in [-0.2, -0.15) is 0 Å². The Kier molecular flexibility index (Phi) is 9.74. The summed E-state index contributed by atoms with van der Waals surface area (Å²) in [7, 11) is 0. The van der Waals surface area contributed by atoms with E-state index in [0.717, 1.165) is 63.7 Å². The Balaban J connectivity index is 1.26. The SMILES string of the molecule is O=C(/C=C/c1ccc(CN2CCC(NC(C(=O)OC3CCCC3)C3CCCCC3)CC2)cc1)NO. The van der Waals surface area contributed by atoms with Crippen molar-refractivity contribution >= 4 is 18.0 Å². The van der Waals surface area contributed by atoms with E-state index in [2.05, 4.69) is 22.3 Å². The molecule has 4 rings (SSSR count). The lowest BCUT2D eigenvalue weighted by Crippen LogP contribution is -2.52. The summed E-state index contributed by atoms with van der Waals surface area (Å²) in [6.07, 6.45) is 15.6. The number of benzene rings is 1. The minimum Gasteiger partial charge on any atom is -0.461 e. The van der Waals surface area contributed by atoms with Gasteiger partial charge in [-0.3, -0.25) is 19.7 Å². The van der Waals surface area contributed by atoms with E-state index in [1.165, 1.54) is 43.7 Å². The van der Waals surface area contributed by atoms with Crippen LogP contribution in [0.25, 0.3) is 6.08 Å². The summed E-state index contributed by atoms with van der Waals surface area (Å²) in [5, 5.41) is 12.3. The molecule has 1 unspecified atom stereocenters. The van der Waals surface area contributed by atoms with Gasteiger partial charge >= 0.3 is 5.97 Å². The number of hydrogen-bond donors (Lipinski definition) is 3. The van der Waals surface area contributed by atoms with Crippen LogP contribution in [0, 0.1) is 5.92 Å². The number of esters is 1. The number of hydrogen-bond acceptors (Lipinski definition) is 6. The quantitative estimate of drug-likeness (QED) is 0.211. The summed E-state index contributed by atoms with van der Waals surface area (Å²) in [5.74, 6) is -0.133. The predicted octanol–water partition coefficient (Wildman–Crippen LogP) is 4.19. The van der Waals surface area contributed by atoms with E-state index < -0.39 is 5.91 Å². The Hall–Kier alpha value is -2.22.